The highest BCUT2D eigenvalue weighted by Crippen LogP contribution is 2.28. The predicted molar refractivity (Wildman–Crippen MR) is 117 cm³/mol. The molecule has 26 heavy (non-hydrogen) atoms. The van der Waals surface area contributed by atoms with Crippen LogP contribution in [-0.2, 0) is 4.74 Å². The van der Waals surface area contributed by atoms with Crippen LogP contribution < -0.4 is 10.1 Å². The Morgan fingerprint density at radius 2 is 2.15 bits per heavy atom. The first-order valence-electron chi connectivity index (χ1n) is 9.15. The highest BCUT2D eigenvalue weighted by molar-refractivity contribution is 14.0. The molecule has 1 unspecified atom stereocenters. The number of nitrogens with one attached hydrogen (secondary N) is 1. The quantitative estimate of drug-likeness (QED) is 0.310. The summed E-state index contributed by atoms with van der Waals surface area (Å²) in [5, 5.41) is 3.52. The smallest absolute Gasteiger partial charge is 0.193 e. The van der Waals surface area contributed by atoms with Gasteiger partial charge in [-0.15, -0.1) is 24.0 Å². The van der Waals surface area contributed by atoms with Gasteiger partial charge in [-0.25, -0.2) is 0 Å². The van der Waals surface area contributed by atoms with Gasteiger partial charge in [0.25, 0.3) is 0 Å². The first-order valence-corrected chi connectivity index (χ1v) is 9.15. The molecular formula is C20H30IN3O2. The monoisotopic (exact) mass is 471 g/mol. The maximum atomic E-state index is 5.36. The largest absolute Gasteiger partial charge is 0.497 e. The minimum Gasteiger partial charge on any atom is -0.497 e. The zero-order chi connectivity index (χ0) is 17.5. The lowest BCUT2D eigenvalue weighted by molar-refractivity contribution is 0.153. The third kappa shape index (κ3) is 5.61. The number of hydrogen-bond donors (Lipinski definition) is 1. The molecule has 3 rings (SSSR count). The molecule has 5 nitrogen and oxygen atoms in total. The van der Waals surface area contributed by atoms with E-state index in [4.69, 9.17) is 9.47 Å². The Hall–Kier alpha value is -1.28. The summed E-state index contributed by atoms with van der Waals surface area (Å²) in [6.07, 6.45) is 5.50. The second kappa shape index (κ2) is 10.8. The number of guanidine groups is 1. The molecule has 1 atom stereocenters. The van der Waals surface area contributed by atoms with E-state index in [1.807, 2.05) is 19.2 Å². The Kier molecular flexibility index (Phi) is 8.71. The lowest BCUT2D eigenvalue weighted by Gasteiger charge is -2.22. The molecule has 0 saturated carbocycles. The summed E-state index contributed by atoms with van der Waals surface area (Å²) in [6.45, 7) is 4.62. The summed E-state index contributed by atoms with van der Waals surface area (Å²) in [5.41, 5.74) is 2.87. The fraction of sp³-hybridized carbons (Fsp3) is 0.550. The van der Waals surface area contributed by atoms with E-state index in [0.717, 1.165) is 63.8 Å². The molecule has 144 valence electrons. The standard InChI is InChI=1S/C20H29N3O2.HI/c1-21-20(22-11-7-16-9-13-25-14-10-16)23-12-8-18(15-23)17-3-5-19(24-2)6-4-17;/h3-6,9,18H,7-8,10-15H2,1-2H3,(H,21,22);1H. The predicted octanol–water partition coefficient (Wildman–Crippen LogP) is 3.41. The Balaban J connectivity index is 0.00000243. The second-order valence-corrected chi connectivity index (χ2v) is 6.62. The van der Waals surface area contributed by atoms with E-state index in [9.17, 15) is 0 Å². The molecule has 0 amide bonds. The van der Waals surface area contributed by atoms with Gasteiger partial charge in [0.05, 0.1) is 20.3 Å². The van der Waals surface area contributed by atoms with Gasteiger partial charge in [0.15, 0.2) is 5.96 Å². The molecule has 2 aliphatic rings. The van der Waals surface area contributed by atoms with E-state index in [1.54, 1.807) is 7.11 Å². The van der Waals surface area contributed by atoms with E-state index in [1.165, 1.54) is 11.1 Å². The molecule has 2 aliphatic heterocycles. The molecule has 0 bridgehead atoms. The average molecular weight is 471 g/mol. The van der Waals surface area contributed by atoms with Crippen molar-refractivity contribution in [1.82, 2.24) is 10.2 Å². The zero-order valence-electron chi connectivity index (χ0n) is 15.7. The Morgan fingerprint density at radius 1 is 1.35 bits per heavy atom. The number of rotatable bonds is 5. The van der Waals surface area contributed by atoms with Crippen molar-refractivity contribution in [3.05, 3.63) is 41.5 Å². The topological polar surface area (TPSA) is 46.1 Å². The van der Waals surface area contributed by atoms with Gasteiger partial charge in [-0.2, -0.15) is 0 Å². The molecule has 0 radical (unpaired) electrons. The molecule has 1 aromatic carbocycles. The number of hydrogen-bond acceptors (Lipinski definition) is 3. The summed E-state index contributed by atoms with van der Waals surface area (Å²) in [5.74, 6) is 2.49. The lowest BCUT2D eigenvalue weighted by Crippen LogP contribution is -2.40. The van der Waals surface area contributed by atoms with Gasteiger partial charge in [-0.1, -0.05) is 23.8 Å². The molecule has 0 aliphatic carbocycles. The minimum atomic E-state index is 0. The lowest BCUT2D eigenvalue weighted by atomic mass is 9.98. The van der Waals surface area contributed by atoms with Crippen LogP contribution in [0.15, 0.2) is 40.9 Å². The van der Waals surface area contributed by atoms with Gasteiger partial charge < -0.3 is 19.7 Å². The van der Waals surface area contributed by atoms with Crippen LogP contribution in [0.3, 0.4) is 0 Å². The SMILES string of the molecule is CN=C(NCCC1=CCOCC1)N1CCC(c2ccc(OC)cc2)C1.I. The van der Waals surface area contributed by atoms with E-state index in [0.29, 0.717) is 5.92 Å². The van der Waals surface area contributed by atoms with Crippen molar-refractivity contribution in [3.8, 4) is 5.75 Å². The van der Waals surface area contributed by atoms with Crippen molar-refractivity contribution in [3.63, 3.8) is 0 Å². The van der Waals surface area contributed by atoms with Gasteiger partial charge in [0.2, 0.25) is 0 Å². The normalized spacial score (nSPS) is 20.4. The van der Waals surface area contributed by atoms with Crippen LogP contribution in [0.5, 0.6) is 5.75 Å². The maximum Gasteiger partial charge on any atom is 0.193 e. The van der Waals surface area contributed by atoms with Gasteiger partial charge >= 0.3 is 0 Å². The number of likely N-dealkylation sites (tertiary alicyclic amines) is 1. The van der Waals surface area contributed by atoms with E-state index < -0.39 is 0 Å². The van der Waals surface area contributed by atoms with Crippen molar-refractivity contribution in [1.29, 1.82) is 0 Å². The summed E-state index contributed by atoms with van der Waals surface area (Å²) >= 11 is 0. The van der Waals surface area contributed by atoms with Crippen LogP contribution in [0.2, 0.25) is 0 Å². The number of halogens is 1. The van der Waals surface area contributed by atoms with Crippen molar-refractivity contribution < 1.29 is 9.47 Å². The summed E-state index contributed by atoms with van der Waals surface area (Å²) < 4.78 is 10.6. The van der Waals surface area contributed by atoms with Crippen LogP contribution in [0, 0.1) is 0 Å². The molecule has 2 heterocycles. The molecule has 1 saturated heterocycles. The van der Waals surface area contributed by atoms with Gasteiger partial charge in [0, 0.05) is 32.6 Å². The third-order valence-electron chi connectivity index (χ3n) is 5.07. The summed E-state index contributed by atoms with van der Waals surface area (Å²) in [4.78, 5) is 6.84. The molecule has 1 N–H and O–H groups in total. The van der Waals surface area contributed by atoms with Gasteiger partial charge in [-0.05, 0) is 37.0 Å². The number of methoxy groups -OCH3 is 1. The average Bonchev–Trinajstić information content (AvgIpc) is 3.16. The van der Waals surface area contributed by atoms with E-state index >= 15 is 0 Å². The summed E-state index contributed by atoms with van der Waals surface area (Å²) in [7, 11) is 3.58. The molecule has 1 fully saturated rings. The second-order valence-electron chi connectivity index (χ2n) is 6.62. The third-order valence-corrected chi connectivity index (χ3v) is 5.07. The fourth-order valence-corrected chi connectivity index (χ4v) is 3.56. The first-order chi connectivity index (χ1) is 12.3. The molecule has 0 aromatic heterocycles. The van der Waals surface area contributed by atoms with Crippen molar-refractivity contribution >= 4 is 29.9 Å². The molecule has 0 spiro atoms. The van der Waals surface area contributed by atoms with Crippen LogP contribution in [-0.4, -0.2) is 57.9 Å². The number of ether oxygens (including phenoxy) is 2. The minimum absolute atomic E-state index is 0. The molecular weight excluding hydrogens is 441 g/mol. The fourth-order valence-electron chi connectivity index (χ4n) is 3.56. The highest BCUT2D eigenvalue weighted by atomic mass is 127. The Morgan fingerprint density at radius 3 is 2.81 bits per heavy atom. The van der Waals surface area contributed by atoms with Crippen LogP contribution >= 0.6 is 24.0 Å². The maximum absolute atomic E-state index is 5.36. The zero-order valence-corrected chi connectivity index (χ0v) is 18.1. The Labute approximate surface area is 173 Å². The number of nitrogens with zero attached hydrogens (tertiary/aromatic N) is 2. The van der Waals surface area contributed by atoms with Crippen LogP contribution in [0.25, 0.3) is 0 Å². The van der Waals surface area contributed by atoms with Gasteiger partial charge in [-0.3, -0.25) is 4.99 Å². The number of benzene rings is 1. The van der Waals surface area contributed by atoms with Crippen LogP contribution in [0.4, 0.5) is 0 Å². The van der Waals surface area contributed by atoms with Gasteiger partial charge in [0.1, 0.15) is 5.75 Å². The highest BCUT2D eigenvalue weighted by Gasteiger charge is 2.26. The van der Waals surface area contributed by atoms with Crippen molar-refractivity contribution in [2.75, 3.05) is 47.0 Å². The van der Waals surface area contributed by atoms with Crippen LogP contribution in [0.1, 0.15) is 30.7 Å². The Bertz CT molecular complexity index is 616. The van der Waals surface area contributed by atoms with E-state index in [2.05, 4.69) is 33.4 Å². The van der Waals surface area contributed by atoms with Crippen molar-refractivity contribution in [2.45, 2.75) is 25.2 Å². The van der Waals surface area contributed by atoms with E-state index in [-0.39, 0.29) is 24.0 Å². The molecule has 6 heteroatoms. The van der Waals surface area contributed by atoms with Crippen molar-refractivity contribution in [2.24, 2.45) is 4.99 Å². The molecule has 1 aromatic rings. The summed E-state index contributed by atoms with van der Waals surface area (Å²) in [6, 6.07) is 8.46. The first kappa shape index (κ1) is 21.0. The number of aliphatic imine (C=N–C) groups is 1.